The number of rotatable bonds is 1. The zero-order chi connectivity index (χ0) is 14.3. The number of benzene rings is 1. The van der Waals surface area contributed by atoms with Crippen molar-refractivity contribution >= 4 is 22.7 Å². The molecule has 2 aromatic heterocycles. The molecule has 3 rings (SSSR count). The third kappa shape index (κ3) is 1.63. The molecule has 98 valence electrons. The number of nitriles is 1. The summed E-state index contributed by atoms with van der Waals surface area (Å²) in [5, 5.41) is 8.99. The Hall–Kier alpha value is -3.14. The SMILES string of the molecule is N#Cc1c(N)nc2c(ncn2-c2ccc(F)cc2)c1N. The van der Waals surface area contributed by atoms with E-state index in [0.717, 1.165) is 0 Å². The van der Waals surface area contributed by atoms with Crippen LogP contribution in [-0.2, 0) is 0 Å². The summed E-state index contributed by atoms with van der Waals surface area (Å²) in [6.07, 6.45) is 1.50. The third-order valence-corrected chi connectivity index (χ3v) is 2.97. The van der Waals surface area contributed by atoms with Crippen molar-refractivity contribution in [1.29, 1.82) is 5.26 Å². The fourth-order valence-corrected chi connectivity index (χ4v) is 1.97. The summed E-state index contributed by atoms with van der Waals surface area (Å²) in [5.41, 5.74) is 13.4. The first-order valence-corrected chi connectivity index (χ1v) is 5.70. The smallest absolute Gasteiger partial charge is 0.169 e. The van der Waals surface area contributed by atoms with Crippen molar-refractivity contribution in [3.05, 3.63) is 42.0 Å². The number of anilines is 2. The molecule has 0 aliphatic carbocycles. The number of hydrogen-bond donors (Lipinski definition) is 2. The zero-order valence-electron chi connectivity index (χ0n) is 10.2. The fraction of sp³-hybridized carbons (Fsp3) is 0. The van der Waals surface area contributed by atoms with Crippen LogP contribution in [0.15, 0.2) is 30.6 Å². The Labute approximate surface area is 113 Å². The molecular weight excluding hydrogens is 259 g/mol. The van der Waals surface area contributed by atoms with Crippen molar-refractivity contribution in [3.63, 3.8) is 0 Å². The van der Waals surface area contributed by atoms with Crippen LogP contribution in [0.2, 0.25) is 0 Å². The minimum atomic E-state index is -0.336. The van der Waals surface area contributed by atoms with Crippen LogP contribution in [-0.4, -0.2) is 14.5 Å². The average Bonchev–Trinajstić information content (AvgIpc) is 2.84. The van der Waals surface area contributed by atoms with E-state index in [2.05, 4.69) is 9.97 Å². The van der Waals surface area contributed by atoms with E-state index in [1.165, 1.54) is 18.5 Å². The Morgan fingerprint density at radius 3 is 2.55 bits per heavy atom. The second-order valence-electron chi connectivity index (χ2n) is 4.16. The van der Waals surface area contributed by atoms with Crippen LogP contribution in [0.4, 0.5) is 15.9 Å². The highest BCUT2D eigenvalue weighted by Crippen LogP contribution is 2.27. The standard InChI is InChI=1S/C13H9FN6/c14-7-1-3-8(4-2-7)20-6-18-11-10(16)9(5-15)12(17)19-13(11)20/h1-4,6H,(H4,16,17,19). The van der Waals surface area contributed by atoms with Gasteiger partial charge in [-0.3, -0.25) is 4.57 Å². The van der Waals surface area contributed by atoms with E-state index in [1.54, 1.807) is 16.7 Å². The summed E-state index contributed by atoms with van der Waals surface area (Å²) >= 11 is 0. The van der Waals surface area contributed by atoms with Gasteiger partial charge in [0.05, 0.1) is 5.69 Å². The van der Waals surface area contributed by atoms with Gasteiger partial charge in [0.25, 0.3) is 0 Å². The summed E-state index contributed by atoms with van der Waals surface area (Å²) in [6, 6.07) is 7.73. The molecular formula is C13H9FN6. The van der Waals surface area contributed by atoms with Crippen LogP contribution in [0, 0.1) is 17.1 Å². The molecule has 0 aliphatic rings. The molecule has 7 heteroatoms. The predicted octanol–water partition coefficient (Wildman–Crippen LogP) is 1.60. The van der Waals surface area contributed by atoms with Crippen LogP contribution in [0.25, 0.3) is 16.9 Å². The predicted molar refractivity (Wildman–Crippen MR) is 72.4 cm³/mol. The molecule has 1 aromatic carbocycles. The lowest BCUT2D eigenvalue weighted by molar-refractivity contribution is 0.627. The van der Waals surface area contributed by atoms with Gasteiger partial charge in [-0.05, 0) is 24.3 Å². The summed E-state index contributed by atoms with van der Waals surface area (Å²) in [4.78, 5) is 8.29. The molecule has 0 amide bonds. The second-order valence-corrected chi connectivity index (χ2v) is 4.16. The van der Waals surface area contributed by atoms with Gasteiger partial charge in [-0.25, -0.2) is 14.4 Å². The topological polar surface area (TPSA) is 107 Å². The molecule has 0 unspecified atom stereocenters. The van der Waals surface area contributed by atoms with Crippen molar-refractivity contribution in [2.24, 2.45) is 0 Å². The molecule has 0 bridgehead atoms. The van der Waals surface area contributed by atoms with Crippen LogP contribution < -0.4 is 11.5 Å². The van der Waals surface area contributed by atoms with Gasteiger partial charge in [-0.15, -0.1) is 0 Å². The molecule has 6 nitrogen and oxygen atoms in total. The fourth-order valence-electron chi connectivity index (χ4n) is 1.97. The quantitative estimate of drug-likeness (QED) is 0.697. The van der Waals surface area contributed by atoms with Crippen molar-refractivity contribution in [2.75, 3.05) is 11.5 Å². The number of aromatic nitrogens is 3. The molecule has 0 saturated carbocycles. The highest BCUT2D eigenvalue weighted by molar-refractivity contribution is 5.91. The molecule has 0 saturated heterocycles. The highest BCUT2D eigenvalue weighted by atomic mass is 19.1. The van der Waals surface area contributed by atoms with E-state index < -0.39 is 0 Å². The van der Waals surface area contributed by atoms with Crippen LogP contribution in [0.5, 0.6) is 0 Å². The largest absolute Gasteiger partial charge is 0.396 e. The Morgan fingerprint density at radius 2 is 1.90 bits per heavy atom. The monoisotopic (exact) mass is 268 g/mol. The minimum absolute atomic E-state index is 0.0429. The number of pyridine rings is 1. The zero-order valence-corrected chi connectivity index (χ0v) is 10.2. The van der Waals surface area contributed by atoms with Crippen molar-refractivity contribution in [2.45, 2.75) is 0 Å². The number of nitrogens with zero attached hydrogens (tertiary/aromatic N) is 4. The van der Waals surface area contributed by atoms with Gasteiger partial charge in [-0.1, -0.05) is 0 Å². The molecule has 4 N–H and O–H groups in total. The number of fused-ring (bicyclic) bond motifs is 1. The van der Waals surface area contributed by atoms with Crippen molar-refractivity contribution in [1.82, 2.24) is 14.5 Å². The number of nitrogens with two attached hydrogens (primary N) is 2. The lowest BCUT2D eigenvalue weighted by atomic mass is 10.2. The van der Waals surface area contributed by atoms with Crippen molar-refractivity contribution in [3.8, 4) is 11.8 Å². The minimum Gasteiger partial charge on any atom is -0.396 e. The third-order valence-electron chi connectivity index (χ3n) is 2.97. The Bertz CT molecular complexity index is 844. The average molecular weight is 268 g/mol. The maximum absolute atomic E-state index is 13.0. The highest BCUT2D eigenvalue weighted by Gasteiger charge is 2.15. The first kappa shape index (κ1) is 11.9. The van der Waals surface area contributed by atoms with Crippen LogP contribution >= 0.6 is 0 Å². The lowest BCUT2D eigenvalue weighted by Crippen LogP contribution is -2.03. The van der Waals surface area contributed by atoms with Crippen molar-refractivity contribution < 1.29 is 4.39 Å². The van der Waals surface area contributed by atoms with E-state index in [0.29, 0.717) is 16.9 Å². The van der Waals surface area contributed by atoms with E-state index in [4.69, 9.17) is 16.7 Å². The number of nitrogen functional groups attached to an aromatic ring is 2. The second kappa shape index (κ2) is 4.20. The summed E-state index contributed by atoms with van der Waals surface area (Å²) < 4.78 is 14.6. The maximum Gasteiger partial charge on any atom is 0.169 e. The van der Waals surface area contributed by atoms with Gasteiger partial charge in [0.2, 0.25) is 0 Å². The number of halogens is 1. The first-order chi connectivity index (χ1) is 9.61. The maximum atomic E-state index is 13.0. The van der Waals surface area contributed by atoms with E-state index in [-0.39, 0.29) is 22.9 Å². The van der Waals surface area contributed by atoms with Gasteiger partial charge in [0.1, 0.15) is 35.1 Å². The van der Waals surface area contributed by atoms with Crippen LogP contribution in [0.1, 0.15) is 5.56 Å². The van der Waals surface area contributed by atoms with Gasteiger partial charge < -0.3 is 11.5 Å². The Morgan fingerprint density at radius 1 is 1.20 bits per heavy atom. The normalized spacial score (nSPS) is 10.6. The molecule has 0 radical (unpaired) electrons. The molecule has 0 spiro atoms. The molecule has 3 aromatic rings. The van der Waals surface area contributed by atoms with E-state index in [1.807, 2.05) is 6.07 Å². The molecule has 20 heavy (non-hydrogen) atoms. The van der Waals surface area contributed by atoms with Gasteiger partial charge in [0.15, 0.2) is 5.65 Å². The van der Waals surface area contributed by atoms with E-state index >= 15 is 0 Å². The number of imidazole rings is 1. The number of hydrogen-bond acceptors (Lipinski definition) is 5. The summed E-state index contributed by atoms with van der Waals surface area (Å²) in [5.74, 6) is -0.293. The molecule has 2 heterocycles. The molecule has 0 fully saturated rings. The van der Waals surface area contributed by atoms with Gasteiger partial charge in [0, 0.05) is 5.69 Å². The Kier molecular flexibility index (Phi) is 2.51. The summed E-state index contributed by atoms with van der Waals surface area (Å²) in [7, 11) is 0. The van der Waals surface area contributed by atoms with Gasteiger partial charge >= 0.3 is 0 Å². The summed E-state index contributed by atoms with van der Waals surface area (Å²) in [6.45, 7) is 0. The first-order valence-electron chi connectivity index (χ1n) is 5.70. The van der Waals surface area contributed by atoms with Gasteiger partial charge in [-0.2, -0.15) is 5.26 Å². The van der Waals surface area contributed by atoms with Crippen LogP contribution in [0.3, 0.4) is 0 Å². The Balaban J connectivity index is 2.30. The molecule has 0 atom stereocenters. The lowest BCUT2D eigenvalue weighted by Gasteiger charge is -2.06. The van der Waals surface area contributed by atoms with E-state index in [9.17, 15) is 4.39 Å². The molecule has 0 aliphatic heterocycles.